The van der Waals surface area contributed by atoms with Crippen LogP contribution >= 0.6 is 0 Å². The summed E-state index contributed by atoms with van der Waals surface area (Å²) in [6, 6.07) is 5.10. The average Bonchev–Trinajstić information content (AvgIpc) is 2.47. The zero-order valence-corrected chi connectivity index (χ0v) is 14.0. The maximum Gasteiger partial charge on any atom is 0.129 e. The fourth-order valence-corrected chi connectivity index (χ4v) is 3.16. The highest BCUT2D eigenvalue weighted by Crippen LogP contribution is 2.20. The molecule has 0 bridgehead atoms. The minimum atomic E-state index is 0.605. The molecule has 1 aliphatic rings. The minimum Gasteiger partial charge on any atom is -0.354 e. The van der Waals surface area contributed by atoms with Gasteiger partial charge in [0.25, 0.3) is 0 Å². The van der Waals surface area contributed by atoms with Crippen LogP contribution < -0.4 is 10.2 Å². The van der Waals surface area contributed by atoms with Crippen molar-refractivity contribution in [2.45, 2.75) is 46.2 Å². The number of hydrogen-bond donors (Lipinski definition) is 1. The van der Waals surface area contributed by atoms with Crippen LogP contribution in [-0.4, -0.2) is 49.2 Å². The second-order valence-corrected chi connectivity index (χ2v) is 6.03. The highest BCUT2D eigenvalue weighted by Gasteiger charge is 2.23. The summed E-state index contributed by atoms with van der Waals surface area (Å²) in [4.78, 5) is 9.89. The average molecular weight is 290 g/mol. The van der Waals surface area contributed by atoms with Crippen molar-refractivity contribution < 1.29 is 0 Å². The van der Waals surface area contributed by atoms with Gasteiger partial charge in [0.05, 0.1) is 0 Å². The molecule has 0 amide bonds. The molecular formula is C17H30N4. The zero-order valence-electron chi connectivity index (χ0n) is 14.0. The second-order valence-electron chi connectivity index (χ2n) is 6.03. The lowest BCUT2D eigenvalue weighted by molar-refractivity contribution is 0.199. The first-order valence-electron chi connectivity index (χ1n) is 8.31. The van der Waals surface area contributed by atoms with Crippen LogP contribution in [-0.2, 0) is 13.0 Å². The largest absolute Gasteiger partial charge is 0.354 e. The highest BCUT2D eigenvalue weighted by atomic mass is 15.3. The number of nitrogens with zero attached hydrogens (tertiary/aromatic N) is 3. The van der Waals surface area contributed by atoms with Gasteiger partial charge >= 0.3 is 0 Å². The third-order valence-electron chi connectivity index (χ3n) is 4.31. The molecule has 1 fully saturated rings. The summed E-state index contributed by atoms with van der Waals surface area (Å²) in [6.07, 6.45) is 2.21. The van der Waals surface area contributed by atoms with E-state index in [0.29, 0.717) is 6.04 Å². The van der Waals surface area contributed by atoms with Gasteiger partial charge in [-0.1, -0.05) is 20.3 Å². The van der Waals surface area contributed by atoms with Crippen LogP contribution in [0.25, 0.3) is 0 Å². The first-order valence-corrected chi connectivity index (χ1v) is 8.31. The first-order chi connectivity index (χ1) is 10.2. The Morgan fingerprint density at radius 1 is 1.29 bits per heavy atom. The lowest BCUT2D eigenvalue weighted by Crippen LogP contribution is -2.52. The number of rotatable bonds is 6. The van der Waals surface area contributed by atoms with Crippen molar-refractivity contribution in [2.75, 3.05) is 38.1 Å². The van der Waals surface area contributed by atoms with E-state index in [1.165, 1.54) is 11.3 Å². The molecule has 1 aromatic heterocycles. The Labute approximate surface area is 129 Å². The second kappa shape index (κ2) is 7.76. The third-order valence-corrected chi connectivity index (χ3v) is 4.31. The molecule has 4 nitrogen and oxygen atoms in total. The number of likely N-dealkylation sites (N-methyl/N-ethyl adjacent to an activating group) is 1. The molecule has 1 saturated heterocycles. The van der Waals surface area contributed by atoms with E-state index < -0.39 is 0 Å². The van der Waals surface area contributed by atoms with Crippen LogP contribution in [0.5, 0.6) is 0 Å². The molecule has 0 aliphatic carbocycles. The van der Waals surface area contributed by atoms with E-state index >= 15 is 0 Å². The molecule has 1 N–H and O–H groups in total. The van der Waals surface area contributed by atoms with Gasteiger partial charge in [-0.15, -0.1) is 0 Å². The summed E-state index contributed by atoms with van der Waals surface area (Å²) in [7, 11) is 2.00. The Hall–Kier alpha value is -1.13. The van der Waals surface area contributed by atoms with E-state index in [-0.39, 0.29) is 0 Å². The van der Waals surface area contributed by atoms with Gasteiger partial charge in [0.2, 0.25) is 0 Å². The number of aromatic nitrogens is 1. The molecule has 0 radical (unpaired) electrons. The molecule has 4 heteroatoms. The fourth-order valence-electron chi connectivity index (χ4n) is 3.16. The molecule has 0 aromatic carbocycles. The van der Waals surface area contributed by atoms with Crippen molar-refractivity contribution >= 4 is 5.82 Å². The number of aryl methyl sites for hydroxylation is 1. The van der Waals surface area contributed by atoms with Crippen molar-refractivity contribution in [1.29, 1.82) is 0 Å². The quantitative estimate of drug-likeness (QED) is 0.871. The van der Waals surface area contributed by atoms with Crippen LogP contribution in [0.15, 0.2) is 12.1 Å². The van der Waals surface area contributed by atoms with Crippen molar-refractivity contribution in [3.8, 4) is 0 Å². The van der Waals surface area contributed by atoms with Crippen molar-refractivity contribution in [2.24, 2.45) is 0 Å². The molecule has 1 atom stereocenters. The molecule has 1 aromatic rings. The van der Waals surface area contributed by atoms with E-state index in [0.717, 1.165) is 51.4 Å². The lowest BCUT2D eigenvalue weighted by atomic mass is 10.1. The summed E-state index contributed by atoms with van der Waals surface area (Å²) >= 11 is 0. The zero-order chi connectivity index (χ0) is 15.2. The summed E-state index contributed by atoms with van der Waals surface area (Å²) in [6.45, 7) is 12.1. The van der Waals surface area contributed by atoms with Crippen molar-refractivity contribution in [1.82, 2.24) is 15.2 Å². The summed E-state index contributed by atoms with van der Waals surface area (Å²) in [5.41, 5.74) is 2.57. The van der Waals surface area contributed by atoms with Crippen LogP contribution in [0, 0.1) is 0 Å². The Balaban J connectivity index is 2.18. The molecule has 2 rings (SSSR count). The molecule has 118 valence electrons. The van der Waals surface area contributed by atoms with Crippen LogP contribution in [0.3, 0.4) is 0 Å². The Morgan fingerprint density at radius 3 is 2.71 bits per heavy atom. The topological polar surface area (TPSA) is 31.4 Å². The Bertz CT molecular complexity index is 422. The maximum absolute atomic E-state index is 4.89. The van der Waals surface area contributed by atoms with Crippen LogP contribution in [0.4, 0.5) is 5.82 Å². The van der Waals surface area contributed by atoms with Gasteiger partial charge in [-0.25, -0.2) is 4.98 Å². The molecule has 0 saturated carbocycles. The number of piperazine rings is 1. The molecule has 0 spiro atoms. The Morgan fingerprint density at radius 2 is 2.10 bits per heavy atom. The van der Waals surface area contributed by atoms with Gasteiger partial charge in [0.1, 0.15) is 5.82 Å². The van der Waals surface area contributed by atoms with Crippen molar-refractivity contribution in [3.05, 3.63) is 23.4 Å². The van der Waals surface area contributed by atoms with Gasteiger partial charge in [0, 0.05) is 37.9 Å². The summed E-state index contributed by atoms with van der Waals surface area (Å²) in [5, 5.41) is 3.25. The summed E-state index contributed by atoms with van der Waals surface area (Å²) in [5.74, 6) is 1.16. The molecule has 1 aliphatic heterocycles. The predicted octanol–water partition coefficient (Wildman–Crippen LogP) is 2.28. The molecule has 1 unspecified atom stereocenters. The van der Waals surface area contributed by atoms with E-state index in [4.69, 9.17) is 4.98 Å². The van der Waals surface area contributed by atoms with Gasteiger partial charge in [0.15, 0.2) is 0 Å². The molecule has 21 heavy (non-hydrogen) atoms. The normalized spacial score (nSPS) is 20.0. The van der Waals surface area contributed by atoms with E-state index in [2.05, 4.69) is 48.0 Å². The monoisotopic (exact) mass is 290 g/mol. The number of nitrogens with one attached hydrogen (secondary N) is 1. The highest BCUT2D eigenvalue weighted by molar-refractivity contribution is 5.43. The number of pyridine rings is 1. The fraction of sp³-hybridized carbons (Fsp3) is 0.706. The van der Waals surface area contributed by atoms with Crippen LogP contribution in [0.1, 0.15) is 38.4 Å². The molecular weight excluding hydrogens is 260 g/mol. The maximum atomic E-state index is 4.89. The predicted molar refractivity (Wildman–Crippen MR) is 89.9 cm³/mol. The molecule has 2 heterocycles. The van der Waals surface area contributed by atoms with E-state index in [1.54, 1.807) is 0 Å². The smallest absolute Gasteiger partial charge is 0.129 e. The number of anilines is 1. The van der Waals surface area contributed by atoms with Crippen LogP contribution in [0.2, 0.25) is 0 Å². The lowest BCUT2D eigenvalue weighted by Gasteiger charge is -2.40. The van der Waals surface area contributed by atoms with Gasteiger partial charge in [-0.3, -0.25) is 4.90 Å². The number of hydrogen-bond acceptors (Lipinski definition) is 4. The van der Waals surface area contributed by atoms with Gasteiger partial charge < -0.3 is 10.2 Å². The van der Waals surface area contributed by atoms with E-state index in [9.17, 15) is 0 Å². The Kier molecular flexibility index (Phi) is 6.00. The van der Waals surface area contributed by atoms with E-state index in [1.807, 2.05) is 7.05 Å². The summed E-state index contributed by atoms with van der Waals surface area (Å²) < 4.78 is 0. The third kappa shape index (κ3) is 4.17. The SMILES string of the molecule is CCCc1cc(CNC)cc(N2CCN(CC)C(C)C2)n1. The first kappa shape index (κ1) is 16.2. The standard InChI is InChI=1S/C17H30N4/c1-5-7-16-10-15(12-18-4)11-17(19-16)21-9-8-20(6-2)14(3)13-21/h10-11,14,18H,5-9,12-13H2,1-4H3. The van der Waals surface area contributed by atoms with Gasteiger partial charge in [-0.2, -0.15) is 0 Å². The minimum absolute atomic E-state index is 0.605. The van der Waals surface area contributed by atoms with Gasteiger partial charge in [-0.05, 0) is 44.6 Å². The van der Waals surface area contributed by atoms with Crippen molar-refractivity contribution in [3.63, 3.8) is 0 Å².